The lowest BCUT2D eigenvalue weighted by atomic mass is 9.99. The van der Waals surface area contributed by atoms with Crippen molar-refractivity contribution in [1.29, 1.82) is 0 Å². The SMILES string of the molecule is c1ccc(-c2cc(-c3cccc(-n4c5ccccc5c5c6c7cc8c9cnccc9n(-c9ccccc9)c8cc7sc6c6ccccc6c54)c3)nc(-c3ccccc3)n2)cc1. The van der Waals surface area contributed by atoms with Crippen LogP contribution < -0.4 is 0 Å². The summed E-state index contributed by atoms with van der Waals surface area (Å²) in [6, 6.07) is 67.0. The van der Waals surface area contributed by atoms with Crippen LogP contribution >= 0.6 is 11.3 Å². The number of para-hydroxylation sites is 2. The van der Waals surface area contributed by atoms with Crippen LogP contribution in [0, 0.1) is 0 Å². The van der Waals surface area contributed by atoms with E-state index in [-0.39, 0.29) is 0 Å². The molecular weight excluding hydrogens is 763 g/mol. The van der Waals surface area contributed by atoms with Gasteiger partial charge in [0.15, 0.2) is 5.82 Å². The number of benzene rings is 8. The highest BCUT2D eigenvalue weighted by Gasteiger charge is 2.24. The normalized spacial score (nSPS) is 11.9. The molecule has 13 rings (SSSR count). The molecule has 0 unspecified atom stereocenters. The fraction of sp³-hybridized carbons (Fsp3) is 0. The topological polar surface area (TPSA) is 48.5 Å². The molecule has 8 aromatic carbocycles. The first-order chi connectivity index (χ1) is 30.3. The molecule has 0 saturated carbocycles. The molecule has 284 valence electrons. The summed E-state index contributed by atoms with van der Waals surface area (Å²) in [5.74, 6) is 0.703. The van der Waals surface area contributed by atoms with E-state index in [1.165, 1.54) is 58.1 Å². The third kappa shape index (κ3) is 5.16. The molecule has 0 N–H and O–H groups in total. The maximum atomic E-state index is 5.21. The van der Waals surface area contributed by atoms with Crippen LogP contribution in [0.3, 0.4) is 0 Å². The first kappa shape index (κ1) is 34.0. The zero-order chi connectivity index (χ0) is 40.0. The standard InChI is InChI=1S/C55H33N5S/c1-4-15-34(16-5-1)45-31-46(58-55(57-45)35-17-6-2-7-18-35)36-19-14-22-38(29-36)60-47-26-13-12-25-41(47)51-52-43-30-42-44-33-56-28-27-48(44)59(37-20-8-3-9-21-37)49(42)32-50(43)61-54(52)40-24-11-10-23-39(40)53(51)60/h1-33H. The molecule has 0 saturated heterocycles. The quantitative estimate of drug-likeness (QED) is 0.174. The van der Waals surface area contributed by atoms with Crippen molar-refractivity contribution in [3.8, 4) is 45.3 Å². The number of aromatic nitrogens is 5. The molecule has 0 aliphatic carbocycles. The van der Waals surface area contributed by atoms with Gasteiger partial charge in [-0.25, -0.2) is 9.97 Å². The Labute approximate surface area is 354 Å². The molecule has 0 radical (unpaired) electrons. The molecule has 0 aliphatic rings. The van der Waals surface area contributed by atoms with Crippen molar-refractivity contribution in [2.24, 2.45) is 0 Å². The van der Waals surface area contributed by atoms with Gasteiger partial charge in [-0.05, 0) is 54.6 Å². The molecule has 5 nitrogen and oxygen atoms in total. The zero-order valence-electron chi connectivity index (χ0n) is 32.7. The van der Waals surface area contributed by atoms with Crippen LogP contribution in [-0.4, -0.2) is 24.1 Å². The first-order valence-electron chi connectivity index (χ1n) is 20.5. The summed E-state index contributed by atoms with van der Waals surface area (Å²) < 4.78 is 7.42. The molecule has 0 amide bonds. The van der Waals surface area contributed by atoms with Gasteiger partial charge in [0.05, 0.1) is 33.5 Å². The number of pyridine rings is 1. The molecule has 0 fully saturated rings. The van der Waals surface area contributed by atoms with Crippen molar-refractivity contribution in [2.45, 2.75) is 0 Å². The van der Waals surface area contributed by atoms with Gasteiger partial charge in [-0.2, -0.15) is 0 Å². The van der Waals surface area contributed by atoms with Gasteiger partial charge in [0.25, 0.3) is 0 Å². The van der Waals surface area contributed by atoms with E-state index in [1.807, 2.05) is 48.0 Å². The van der Waals surface area contributed by atoms with Crippen LogP contribution in [0.4, 0.5) is 0 Å². The molecular formula is C55H33N5S. The average molecular weight is 796 g/mol. The number of fused-ring (bicyclic) bond motifs is 13. The van der Waals surface area contributed by atoms with Crippen molar-refractivity contribution >= 4 is 85.9 Å². The Kier molecular flexibility index (Phi) is 7.41. The minimum atomic E-state index is 0.703. The van der Waals surface area contributed by atoms with E-state index < -0.39 is 0 Å². The Morgan fingerprint density at radius 3 is 1.84 bits per heavy atom. The summed E-state index contributed by atoms with van der Waals surface area (Å²) in [6.07, 6.45) is 3.91. The predicted molar refractivity (Wildman–Crippen MR) is 255 cm³/mol. The minimum absolute atomic E-state index is 0.703. The van der Waals surface area contributed by atoms with E-state index in [4.69, 9.17) is 9.97 Å². The van der Waals surface area contributed by atoms with E-state index >= 15 is 0 Å². The summed E-state index contributed by atoms with van der Waals surface area (Å²) in [4.78, 5) is 14.9. The highest BCUT2D eigenvalue weighted by molar-refractivity contribution is 7.27. The van der Waals surface area contributed by atoms with E-state index in [0.717, 1.165) is 55.9 Å². The van der Waals surface area contributed by atoms with Crippen LogP contribution in [0.1, 0.15) is 0 Å². The van der Waals surface area contributed by atoms with Gasteiger partial charge >= 0.3 is 0 Å². The molecule has 0 spiro atoms. The van der Waals surface area contributed by atoms with Gasteiger partial charge in [0.2, 0.25) is 0 Å². The molecule has 0 bridgehead atoms. The lowest BCUT2D eigenvalue weighted by Gasteiger charge is -2.13. The largest absolute Gasteiger partial charge is 0.309 e. The van der Waals surface area contributed by atoms with Crippen LogP contribution in [0.25, 0.3) is 120 Å². The fourth-order valence-corrected chi connectivity index (χ4v) is 10.8. The third-order valence-electron chi connectivity index (χ3n) is 12.2. The molecule has 5 heterocycles. The van der Waals surface area contributed by atoms with Crippen molar-refractivity contribution in [3.05, 3.63) is 200 Å². The Morgan fingerprint density at radius 2 is 1.03 bits per heavy atom. The van der Waals surface area contributed by atoms with Crippen molar-refractivity contribution in [1.82, 2.24) is 24.1 Å². The second-order valence-electron chi connectivity index (χ2n) is 15.6. The zero-order valence-corrected chi connectivity index (χ0v) is 33.5. The van der Waals surface area contributed by atoms with Gasteiger partial charge < -0.3 is 9.13 Å². The van der Waals surface area contributed by atoms with Crippen LogP contribution in [0.15, 0.2) is 200 Å². The smallest absolute Gasteiger partial charge is 0.160 e. The number of rotatable bonds is 5. The lowest BCUT2D eigenvalue weighted by molar-refractivity contribution is 1.17. The van der Waals surface area contributed by atoms with E-state index in [1.54, 1.807) is 0 Å². The fourth-order valence-electron chi connectivity index (χ4n) is 9.52. The average Bonchev–Trinajstić information content (AvgIpc) is 3.99. The summed E-state index contributed by atoms with van der Waals surface area (Å²) in [7, 11) is 0. The molecule has 13 aromatic rings. The van der Waals surface area contributed by atoms with Crippen LogP contribution in [-0.2, 0) is 0 Å². The van der Waals surface area contributed by atoms with Crippen molar-refractivity contribution in [2.75, 3.05) is 0 Å². The Bertz CT molecular complexity index is 3810. The highest BCUT2D eigenvalue weighted by atomic mass is 32.1. The maximum Gasteiger partial charge on any atom is 0.160 e. The highest BCUT2D eigenvalue weighted by Crippen LogP contribution is 2.49. The number of hydrogen-bond acceptors (Lipinski definition) is 4. The minimum Gasteiger partial charge on any atom is -0.309 e. The summed E-state index contributed by atoms with van der Waals surface area (Å²) in [5.41, 5.74) is 11.7. The lowest BCUT2D eigenvalue weighted by Crippen LogP contribution is -1.98. The van der Waals surface area contributed by atoms with Crippen LogP contribution in [0.5, 0.6) is 0 Å². The summed E-state index contributed by atoms with van der Waals surface area (Å²) >= 11 is 1.89. The van der Waals surface area contributed by atoms with Gasteiger partial charge in [0, 0.05) is 92.9 Å². The first-order valence-corrected chi connectivity index (χ1v) is 21.3. The van der Waals surface area contributed by atoms with Gasteiger partial charge in [-0.3, -0.25) is 4.98 Å². The molecule has 5 aromatic heterocycles. The van der Waals surface area contributed by atoms with Crippen molar-refractivity contribution < 1.29 is 0 Å². The Morgan fingerprint density at radius 1 is 0.393 bits per heavy atom. The number of thiophene rings is 1. The summed E-state index contributed by atoms with van der Waals surface area (Å²) in [5, 5.41) is 9.88. The predicted octanol–water partition coefficient (Wildman–Crippen LogP) is 14.6. The maximum absolute atomic E-state index is 5.21. The molecule has 61 heavy (non-hydrogen) atoms. The monoisotopic (exact) mass is 795 g/mol. The molecule has 0 aliphatic heterocycles. The van der Waals surface area contributed by atoms with Gasteiger partial charge in [-0.1, -0.05) is 133 Å². The summed E-state index contributed by atoms with van der Waals surface area (Å²) in [6.45, 7) is 0. The number of nitrogens with zero attached hydrogens (tertiary/aromatic N) is 5. The second-order valence-corrected chi connectivity index (χ2v) is 16.7. The molecule has 6 heteroatoms. The van der Waals surface area contributed by atoms with E-state index in [2.05, 4.69) is 178 Å². The van der Waals surface area contributed by atoms with E-state index in [0.29, 0.717) is 5.82 Å². The Balaban J connectivity index is 1.10. The van der Waals surface area contributed by atoms with Crippen LogP contribution in [0.2, 0.25) is 0 Å². The Hall–Kier alpha value is -7.93. The third-order valence-corrected chi connectivity index (χ3v) is 13.4. The number of hydrogen-bond donors (Lipinski definition) is 0. The van der Waals surface area contributed by atoms with Gasteiger partial charge in [0.1, 0.15) is 0 Å². The van der Waals surface area contributed by atoms with E-state index in [9.17, 15) is 0 Å². The second kappa shape index (κ2) is 13.3. The molecule has 0 atom stereocenters. The van der Waals surface area contributed by atoms with Crippen molar-refractivity contribution in [3.63, 3.8) is 0 Å². The van der Waals surface area contributed by atoms with Gasteiger partial charge in [-0.15, -0.1) is 11.3 Å².